The van der Waals surface area contributed by atoms with Crippen LogP contribution in [0.4, 0.5) is 23.7 Å². The van der Waals surface area contributed by atoms with Crippen LogP contribution in [0.5, 0.6) is 0 Å². The van der Waals surface area contributed by atoms with E-state index in [1.807, 2.05) is 0 Å². The molecule has 1 atom stereocenters. The number of alkyl halides is 3. The summed E-state index contributed by atoms with van der Waals surface area (Å²) in [7, 11) is 0. The van der Waals surface area contributed by atoms with Crippen molar-refractivity contribution in [2.75, 3.05) is 4.90 Å². The zero-order valence-electron chi connectivity index (χ0n) is 13.3. The molecule has 2 aromatic rings. The minimum Gasteiger partial charge on any atom is -0.311 e. The van der Waals surface area contributed by atoms with Crippen LogP contribution in [0.15, 0.2) is 66.2 Å². The molecule has 3 nitrogen and oxygen atoms in total. The lowest BCUT2D eigenvalue weighted by atomic mass is 10.0. The topological polar surface area (TPSA) is 32.3 Å². The first-order chi connectivity index (χ1) is 11.7. The number of hydrogen-bond donors (Lipinski definition) is 1. The molecule has 1 heterocycles. The van der Waals surface area contributed by atoms with Crippen LogP contribution in [0.3, 0.4) is 0 Å². The third-order valence-corrected chi connectivity index (χ3v) is 5.17. The Morgan fingerprint density at radius 3 is 2.20 bits per heavy atom. The Morgan fingerprint density at radius 2 is 1.68 bits per heavy atom. The lowest BCUT2D eigenvalue weighted by Crippen LogP contribution is -2.60. The highest BCUT2D eigenvalue weighted by Crippen LogP contribution is 2.53. The Morgan fingerprint density at radius 1 is 1.08 bits per heavy atom. The second-order valence-corrected chi connectivity index (χ2v) is 6.93. The molecule has 2 amide bonds. The van der Waals surface area contributed by atoms with Gasteiger partial charge in [-0.2, -0.15) is 13.2 Å². The molecule has 7 heteroatoms. The highest BCUT2D eigenvalue weighted by atomic mass is 32.2. The fourth-order valence-corrected chi connectivity index (χ4v) is 3.76. The second-order valence-electron chi connectivity index (χ2n) is 5.64. The van der Waals surface area contributed by atoms with Crippen molar-refractivity contribution in [3.8, 4) is 0 Å². The van der Waals surface area contributed by atoms with Crippen molar-refractivity contribution in [3.63, 3.8) is 0 Å². The first-order valence-corrected chi connectivity index (χ1v) is 8.25. The highest BCUT2D eigenvalue weighted by Gasteiger charge is 2.61. The first-order valence-electron chi connectivity index (χ1n) is 7.44. The SMILES string of the molecule is C=C1S[C@@](c2ccc(C)cc2)(C(F)(F)F)NC(=O)N1c1ccccc1. The van der Waals surface area contributed by atoms with Crippen LogP contribution >= 0.6 is 11.8 Å². The molecule has 2 aromatic carbocycles. The van der Waals surface area contributed by atoms with E-state index in [9.17, 15) is 18.0 Å². The van der Waals surface area contributed by atoms with Crippen molar-refractivity contribution in [3.05, 3.63) is 77.3 Å². The molecular formula is C18H15F3N2OS. The molecule has 1 fully saturated rings. The summed E-state index contributed by atoms with van der Waals surface area (Å²) < 4.78 is 41.9. The summed E-state index contributed by atoms with van der Waals surface area (Å²) >= 11 is 0.481. The molecule has 1 N–H and O–H groups in total. The van der Waals surface area contributed by atoms with Crippen LogP contribution in [-0.2, 0) is 4.87 Å². The van der Waals surface area contributed by atoms with Gasteiger partial charge in [0.25, 0.3) is 0 Å². The lowest BCUT2D eigenvalue weighted by Gasteiger charge is -2.43. The van der Waals surface area contributed by atoms with E-state index in [1.165, 1.54) is 12.1 Å². The predicted molar refractivity (Wildman–Crippen MR) is 93.1 cm³/mol. The molecule has 1 aliphatic rings. The van der Waals surface area contributed by atoms with Crippen molar-refractivity contribution in [2.45, 2.75) is 18.0 Å². The van der Waals surface area contributed by atoms with Gasteiger partial charge < -0.3 is 5.32 Å². The van der Waals surface area contributed by atoms with Crippen molar-refractivity contribution in [1.29, 1.82) is 0 Å². The lowest BCUT2D eigenvalue weighted by molar-refractivity contribution is -0.167. The molecule has 0 spiro atoms. The third-order valence-electron chi connectivity index (χ3n) is 3.88. The highest BCUT2D eigenvalue weighted by molar-refractivity contribution is 8.04. The Bertz CT molecular complexity index is 785. The minimum absolute atomic E-state index is 0.00727. The van der Waals surface area contributed by atoms with E-state index in [0.29, 0.717) is 17.4 Å². The Balaban J connectivity index is 2.05. The molecule has 0 bridgehead atoms. The number of urea groups is 1. The molecule has 1 aliphatic heterocycles. The van der Waals surface area contributed by atoms with Gasteiger partial charge in [-0.3, -0.25) is 4.90 Å². The van der Waals surface area contributed by atoms with Gasteiger partial charge in [0, 0.05) is 0 Å². The van der Waals surface area contributed by atoms with E-state index in [0.717, 1.165) is 10.5 Å². The van der Waals surface area contributed by atoms with Crippen LogP contribution in [-0.4, -0.2) is 12.2 Å². The van der Waals surface area contributed by atoms with Gasteiger partial charge in [-0.25, -0.2) is 4.79 Å². The van der Waals surface area contributed by atoms with E-state index < -0.39 is 17.1 Å². The van der Waals surface area contributed by atoms with Crippen molar-refractivity contribution < 1.29 is 18.0 Å². The summed E-state index contributed by atoms with van der Waals surface area (Å²) in [5, 5.41) is 2.16. The number of thioether (sulfide) groups is 1. The van der Waals surface area contributed by atoms with E-state index in [2.05, 4.69) is 11.9 Å². The summed E-state index contributed by atoms with van der Waals surface area (Å²) in [6, 6.07) is 13.5. The van der Waals surface area contributed by atoms with Gasteiger partial charge in [-0.1, -0.05) is 66.4 Å². The van der Waals surface area contributed by atoms with Crippen molar-refractivity contribution in [1.82, 2.24) is 5.32 Å². The van der Waals surface area contributed by atoms with Crippen LogP contribution in [0.1, 0.15) is 11.1 Å². The van der Waals surface area contributed by atoms with E-state index >= 15 is 0 Å². The number of carbonyl (C=O) groups is 1. The van der Waals surface area contributed by atoms with Gasteiger partial charge in [0.2, 0.25) is 4.87 Å². The largest absolute Gasteiger partial charge is 0.425 e. The number of anilines is 1. The normalized spacial score (nSPS) is 21.2. The summed E-state index contributed by atoms with van der Waals surface area (Å²) in [6.45, 7) is 5.49. The maximum absolute atomic E-state index is 14.0. The average Bonchev–Trinajstić information content (AvgIpc) is 2.54. The fraction of sp³-hybridized carbons (Fsp3) is 0.167. The second kappa shape index (κ2) is 6.15. The number of nitrogens with zero attached hydrogens (tertiary/aromatic N) is 1. The summed E-state index contributed by atoms with van der Waals surface area (Å²) in [6.07, 6.45) is -4.70. The summed E-state index contributed by atoms with van der Waals surface area (Å²) in [4.78, 5) is 11.1. The third kappa shape index (κ3) is 3.00. The number of hydrogen-bond acceptors (Lipinski definition) is 2. The quantitative estimate of drug-likeness (QED) is 0.800. The average molecular weight is 364 g/mol. The monoisotopic (exact) mass is 364 g/mol. The molecule has 0 aliphatic carbocycles. The molecule has 0 saturated carbocycles. The van der Waals surface area contributed by atoms with Gasteiger partial charge in [0.15, 0.2) is 0 Å². The number of carbonyl (C=O) groups excluding carboxylic acids is 1. The minimum atomic E-state index is -4.70. The number of rotatable bonds is 2. The molecule has 0 unspecified atom stereocenters. The Kier molecular flexibility index (Phi) is 4.28. The standard InChI is InChI=1S/C18H15F3N2OS/c1-12-8-10-14(11-9-12)17(18(19,20)21)22-16(24)23(13(2)25-17)15-6-4-3-5-7-15/h3-11H,2H2,1H3,(H,22,24)/t17-/m0/s1. The van der Waals surface area contributed by atoms with Crippen molar-refractivity contribution >= 4 is 23.5 Å². The smallest absolute Gasteiger partial charge is 0.311 e. The Labute approximate surface area is 147 Å². The molecular weight excluding hydrogens is 349 g/mol. The van der Waals surface area contributed by atoms with E-state index in [-0.39, 0.29) is 10.6 Å². The molecule has 3 rings (SSSR count). The number of benzene rings is 2. The van der Waals surface area contributed by atoms with E-state index in [4.69, 9.17) is 0 Å². The number of para-hydroxylation sites is 1. The first kappa shape index (κ1) is 17.4. The number of halogens is 3. The van der Waals surface area contributed by atoms with Gasteiger partial charge >= 0.3 is 12.2 Å². The number of nitrogens with one attached hydrogen (secondary N) is 1. The Hall–Kier alpha value is -2.41. The van der Waals surface area contributed by atoms with Crippen LogP contribution in [0.25, 0.3) is 0 Å². The zero-order valence-corrected chi connectivity index (χ0v) is 14.1. The molecule has 1 saturated heterocycles. The van der Waals surface area contributed by atoms with Gasteiger partial charge in [0.05, 0.1) is 10.7 Å². The molecule has 25 heavy (non-hydrogen) atoms. The van der Waals surface area contributed by atoms with E-state index in [1.54, 1.807) is 49.4 Å². The van der Waals surface area contributed by atoms with Gasteiger partial charge in [-0.15, -0.1) is 0 Å². The molecule has 130 valence electrons. The van der Waals surface area contributed by atoms with Crippen LogP contribution in [0, 0.1) is 6.92 Å². The fourth-order valence-electron chi connectivity index (χ4n) is 2.62. The number of aryl methyl sites for hydroxylation is 1. The van der Waals surface area contributed by atoms with Crippen LogP contribution < -0.4 is 10.2 Å². The zero-order chi connectivity index (χ0) is 18.2. The van der Waals surface area contributed by atoms with Crippen LogP contribution in [0.2, 0.25) is 0 Å². The van der Waals surface area contributed by atoms with Gasteiger partial charge in [-0.05, 0) is 24.6 Å². The molecule has 0 aromatic heterocycles. The maximum Gasteiger partial charge on any atom is 0.425 e. The molecule has 0 radical (unpaired) electrons. The summed E-state index contributed by atoms with van der Waals surface area (Å²) in [5.74, 6) is 0. The number of amides is 2. The van der Waals surface area contributed by atoms with Crippen molar-refractivity contribution in [2.24, 2.45) is 0 Å². The predicted octanol–water partition coefficient (Wildman–Crippen LogP) is 5.14. The maximum atomic E-state index is 14.0. The van der Waals surface area contributed by atoms with Gasteiger partial charge in [0.1, 0.15) is 0 Å². The summed E-state index contributed by atoms with van der Waals surface area (Å²) in [5.41, 5.74) is 1.24.